The fraction of sp³-hybridized carbons (Fsp3) is 0.100. The summed E-state index contributed by atoms with van der Waals surface area (Å²) in [4.78, 5) is 12.3. The van der Waals surface area contributed by atoms with E-state index >= 15 is 0 Å². The van der Waals surface area contributed by atoms with Crippen LogP contribution in [0.2, 0.25) is 0 Å². The fourth-order valence-electron chi connectivity index (χ4n) is 1.26. The van der Waals surface area contributed by atoms with E-state index in [1.807, 2.05) is 6.07 Å². The highest BCUT2D eigenvalue weighted by molar-refractivity contribution is 7.15. The number of rotatable bonds is 2. The minimum Gasteiger partial charge on any atom is -0.464 e. The third-order valence-electron chi connectivity index (χ3n) is 1.91. The molecule has 0 aliphatic carbocycles. The van der Waals surface area contributed by atoms with Gasteiger partial charge < -0.3 is 5.11 Å². The molecule has 6 heteroatoms. The van der Waals surface area contributed by atoms with Gasteiger partial charge in [-0.15, -0.1) is 10.2 Å². The second kappa shape index (κ2) is 4.28. The molecule has 2 rings (SSSR count). The highest BCUT2D eigenvalue weighted by Crippen LogP contribution is 2.27. The van der Waals surface area contributed by atoms with Crippen LogP contribution in [0.15, 0.2) is 30.3 Å². The summed E-state index contributed by atoms with van der Waals surface area (Å²) in [5.41, 5.74) is 0.561. The van der Waals surface area contributed by atoms with Crippen LogP contribution in [0, 0.1) is 6.92 Å². The summed E-state index contributed by atoms with van der Waals surface area (Å²) >= 11 is 1.24. The molecule has 0 spiro atoms. The van der Waals surface area contributed by atoms with Gasteiger partial charge in [0.15, 0.2) is 0 Å². The summed E-state index contributed by atoms with van der Waals surface area (Å²) in [5, 5.41) is 17.9. The SMILES string of the molecule is Cc1nnc(N(C(=O)O)c2ccccc2)s1. The number of aryl methyl sites for hydroxylation is 1. The van der Waals surface area contributed by atoms with Crippen molar-refractivity contribution in [1.29, 1.82) is 0 Å². The van der Waals surface area contributed by atoms with Crippen molar-refractivity contribution in [2.75, 3.05) is 4.90 Å². The van der Waals surface area contributed by atoms with Crippen molar-refractivity contribution in [1.82, 2.24) is 10.2 Å². The number of nitrogens with zero attached hydrogens (tertiary/aromatic N) is 3. The van der Waals surface area contributed by atoms with Crippen molar-refractivity contribution in [3.05, 3.63) is 35.3 Å². The van der Waals surface area contributed by atoms with E-state index in [1.165, 1.54) is 11.3 Å². The molecule has 0 fully saturated rings. The Kier molecular flexibility index (Phi) is 2.82. The molecular weight excluding hydrogens is 226 g/mol. The molecule has 82 valence electrons. The van der Waals surface area contributed by atoms with Crippen LogP contribution in [0.1, 0.15) is 5.01 Å². The fourth-order valence-corrected chi connectivity index (χ4v) is 1.96. The number of hydrogen-bond acceptors (Lipinski definition) is 4. The van der Waals surface area contributed by atoms with Gasteiger partial charge in [-0.1, -0.05) is 29.5 Å². The van der Waals surface area contributed by atoms with Crippen LogP contribution < -0.4 is 4.90 Å². The molecule has 0 saturated heterocycles. The van der Waals surface area contributed by atoms with Crippen molar-refractivity contribution >= 4 is 28.2 Å². The average Bonchev–Trinajstić information content (AvgIpc) is 2.66. The van der Waals surface area contributed by atoms with Gasteiger partial charge in [0.25, 0.3) is 0 Å². The lowest BCUT2D eigenvalue weighted by Gasteiger charge is -2.14. The van der Waals surface area contributed by atoms with Crippen LogP contribution in [0.3, 0.4) is 0 Å². The first kappa shape index (κ1) is 10.6. The van der Waals surface area contributed by atoms with Crippen LogP contribution in [0.5, 0.6) is 0 Å². The molecule has 1 N–H and O–H groups in total. The third kappa shape index (κ3) is 2.01. The van der Waals surface area contributed by atoms with Gasteiger partial charge in [0, 0.05) is 0 Å². The van der Waals surface area contributed by atoms with Crippen LogP contribution in [0.4, 0.5) is 15.6 Å². The molecule has 1 heterocycles. The van der Waals surface area contributed by atoms with Gasteiger partial charge in [-0.05, 0) is 19.1 Å². The van der Waals surface area contributed by atoms with Crippen molar-refractivity contribution in [2.24, 2.45) is 0 Å². The molecule has 1 aromatic carbocycles. The van der Waals surface area contributed by atoms with Gasteiger partial charge >= 0.3 is 6.09 Å². The van der Waals surface area contributed by atoms with Crippen LogP contribution in [-0.2, 0) is 0 Å². The van der Waals surface area contributed by atoms with E-state index in [-0.39, 0.29) is 0 Å². The Morgan fingerprint density at radius 3 is 2.50 bits per heavy atom. The average molecular weight is 235 g/mol. The third-order valence-corrected chi connectivity index (χ3v) is 2.74. The van der Waals surface area contributed by atoms with Crippen molar-refractivity contribution in [2.45, 2.75) is 6.92 Å². The second-order valence-electron chi connectivity index (χ2n) is 3.06. The maximum absolute atomic E-state index is 11.2. The zero-order valence-electron chi connectivity index (χ0n) is 8.49. The first-order chi connectivity index (χ1) is 7.68. The smallest absolute Gasteiger partial charge is 0.418 e. The number of para-hydroxylation sites is 1. The van der Waals surface area contributed by atoms with Crippen molar-refractivity contribution in [3.8, 4) is 0 Å². The Labute approximate surface area is 96.0 Å². The van der Waals surface area contributed by atoms with Gasteiger partial charge in [0.05, 0.1) is 5.69 Å². The molecule has 0 atom stereocenters. The van der Waals surface area contributed by atoms with E-state index in [4.69, 9.17) is 5.11 Å². The van der Waals surface area contributed by atoms with Crippen molar-refractivity contribution < 1.29 is 9.90 Å². The number of amides is 1. The lowest BCUT2D eigenvalue weighted by atomic mass is 10.3. The lowest BCUT2D eigenvalue weighted by molar-refractivity contribution is 0.204. The second-order valence-corrected chi connectivity index (χ2v) is 4.22. The molecule has 0 radical (unpaired) electrons. The summed E-state index contributed by atoms with van der Waals surface area (Å²) < 4.78 is 0. The number of anilines is 2. The zero-order valence-corrected chi connectivity index (χ0v) is 9.31. The molecule has 0 bridgehead atoms. The minimum atomic E-state index is -1.07. The van der Waals surface area contributed by atoms with E-state index in [0.29, 0.717) is 10.8 Å². The largest absolute Gasteiger partial charge is 0.464 e. The maximum atomic E-state index is 11.2. The standard InChI is InChI=1S/C10H9N3O2S/c1-7-11-12-9(16-7)13(10(14)15)8-5-3-2-4-6-8/h2-6H,1H3,(H,14,15). The lowest BCUT2D eigenvalue weighted by Crippen LogP contribution is -2.23. The Bertz CT molecular complexity index is 498. The molecule has 1 aromatic heterocycles. The van der Waals surface area contributed by atoms with Gasteiger partial charge in [-0.3, -0.25) is 0 Å². The topological polar surface area (TPSA) is 66.3 Å². The molecule has 0 aliphatic heterocycles. The molecule has 16 heavy (non-hydrogen) atoms. The normalized spacial score (nSPS) is 10.1. The first-order valence-corrected chi connectivity index (χ1v) is 5.38. The maximum Gasteiger partial charge on any atom is 0.418 e. The van der Waals surface area contributed by atoms with E-state index < -0.39 is 6.09 Å². The summed E-state index contributed by atoms with van der Waals surface area (Å²) in [6.45, 7) is 1.78. The monoisotopic (exact) mass is 235 g/mol. The number of benzene rings is 1. The predicted octanol–water partition coefficient (Wildman–Crippen LogP) is 2.66. The molecule has 0 unspecified atom stereocenters. The zero-order chi connectivity index (χ0) is 11.5. The van der Waals surface area contributed by atoms with E-state index in [0.717, 1.165) is 9.91 Å². The highest BCUT2D eigenvalue weighted by Gasteiger charge is 2.20. The summed E-state index contributed by atoms with van der Waals surface area (Å²) in [5.74, 6) is 0. The molecule has 0 aliphatic rings. The number of carbonyl (C=O) groups is 1. The van der Waals surface area contributed by atoms with Gasteiger partial charge in [0.2, 0.25) is 5.13 Å². The van der Waals surface area contributed by atoms with Crippen LogP contribution in [-0.4, -0.2) is 21.4 Å². The van der Waals surface area contributed by atoms with Crippen LogP contribution in [0.25, 0.3) is 0 Å². The van der Waals surface area contributed by atoms with Crippen LogP contribution >= 0.6 is 11.3 Å². The molecule has 5 nitrogen and oxygen atoms in total. The summed E-state index contributed by atoms with van der Waals surface area (Å²) in [6.07, 6.45) is -1.07. The minimum absolute atomic E-state index is 0.358. The van der Waals surface area contributed by atoms with Gasteiger partial charge in [-0.25, -0.2) is 9.69 Å². The molecule has 2 aromatic rings. The van der Waals surface area contributed by atoms with Gasteiger partial charge in [-0.2, -0.15) is 0 Å². The molecule has 1 amide bonds. The van der Waals surface area contributed by atoms with E-state index in [1.54, 1.807) is 31.2 Å². The van der Waals surface area contributed by atoms with Crippen molar-refractivity contribution in [3.63, 3.8) is 0 Å². The van der Waals surface area contributed by atoms with Gasteiger partial charge in [0.1, 0.15) is 5.01 Å². The Hall–Kier alpha value is -1.95. The van der Waals surface area contributed by atoms with E-state index in [9.17, 15) is 4.79 Å². The molecule has 0 saturated carbocycles. The Morgan fingerprint density at radius 2 is 2.00 bits per heavy atom. The first-order valence-electron chi connectivity index (χ1n) is 4.56. The number of aromatic nitrogens is 2. The molecular formula is C10H9N3O2S. The highest BCUT2D eigenvalue weighted by atomic mass is 32.1. The summed E-state index contributed by atoms with van der Waals surface area (Å²) in [7, 11) is 0. The Morgan fingerprint density at radius 1 is 1.31 bits per heavy atom. The quantitative estimate of drug-likeness (QED) is 0.869. The number of carboxylic acid groups (broad SMARTS) is 1. The predicted molar refractivity (Wildman–Crippen MR) is 61.3 cm³/mol. The Balaban J connectivity index is 2.43. The number of hydrogen-bond donors (Lipinski definition) is 1. The van der Waals surface area contributed by atoms with E-state index in [2.05, 4.69) is 10.2 Å². The summed E-state index contributed by atoms with van der Waals surface area (Å²) in [6, 6.07) is 8.81.